The van der Waals surface area contributed by atoms with Crippen LogP contribution in [0.2, 0.25) is 0 Å². The van der Waals surface area contributed by atoms with Crippen LogP contribution >= 0.6 is 50.5 Å². The fraction of sp³-hybridized carbons (Fsp3) is 0.369. The number of aliphatic hydroxyl groups is 1. The van der Waals surface area contributed by atoms with E-state index in [9.17, 15) is 77.6 Å². The lowest BCUT2D eigenvalue weighted by Crippen LogP contribution is -2.62. The van der Waals surface area contributed by atoms with Gasteiger partial charge in [0.1, 0.15) is 66.2 Å². The normalized spacial score (nSPS) is 14.8. The van der Waals surface area contributed by atoms with Crippen LogP contribution in [-0.4, -0.2) is 204 Å². The Labute approximate surface area is 595 Å². The van der Waals surface area contributed by atoms with E-state index >= 15 is 0 Å². The van der Waals surface area contributed by atoms with Gasteiger partial charge in [0.05, 0.1) is 25.1 Å². The number of aliphatic hydroxyl groups excluding tert-OH is 1. The van der Waals surface area contributed by atoms with Gasteiger partial charge in [-0.1, -0.05) is 78.9 Å². The van der Waals surface area contributed by atoms with Crippen LogP contribution in [0, 0.1) is 0 Å². The summed E-state index contributed by atoms with van der Waals surface area (Å²) in [6.45, 7) is 1.89. The Morgan fingerprint density at radius 2 is 0.810 bits per heavy atom. The first-order valence-corrected chi connectivity index (χ1v) is 33.8. The molecule has 0 bridgehead atoms. The largest absolute Gasteiger partial charge is 0.508 e. The summed E-state index contributed by atoms with van der Waals surface area (Å²) in [5.41, 5.74) is 14.2. The van der Waals surface area contributed by atoms with Gasteiger partial charge in [-0.3, -0.25) is 62.3 Å². The third-order valence-corrected chi connectivity index (χ3v) is 17.1. The third kappa shape index (κ3) is 23.4. The number of aromatic amines is 2. The highest BCUT2D eigenvalue weighted by Gasteiger charge is 2.37. The van der Waals surface area contributed by atoms with Crippen molar-refractivity contribution in [3.05, 3.63) is 138 Å². The predicted molar refractivity (Wildman–Crippen MR) is 380 cm³/mol. The number of benzene rings is 4. The van der Waals surface area contributed by atoms with E-state index in [4.69, 9.17) is 11.5 Å². The van der Waals surface area contributed by atoms with E-state index in [2.05, 4.69) is 119 Å². The molecule has 0 saturated heterocycles. The first-order valence-electron chi connectivity index (χ1n) is 31.2. The molecular weight excluding hydrogens is 1380 g/mol. The van der Waals surface area contributed by atoms with E-state index in [0.717, 1.165) is 0 Å². The summed E-state index contributed by atoms with van der Waals surface area (Å²) >= 11 is 16.9. The Morgan fingerprint density at radius 3 is 1.25 bits per heavy atom. The first-order chi connectivity index (χ1) is 47.6. The molecule has 0 unspecified atom stereocenters. The average molecular weight is 1460 g/mol. The van der Waals surface area contributed by atoms with Crippen LogP contribution in [0.4, 0.5) is 0 Å². The molecule has 2 aromatic heterocycles. The van der Waals surface area contributed by atoms with Crippen LogP contribution in [0.15, 0.2) is 116 Å². The van der Waals surface area contributed by atoms with Crippen molar-refractivity contribution < 1.29 is 77.6 Å². The Hall–Kier alpha value is -9.81. The SMILES string of the molecule is C[C@H](NC(=O)[C@@H](N)CS)C(=O)N[C@@H](CC(=O)O)C(=O)N[C@@H](Cc1c[nH]c2ccccc12)C(=O)N[C@@H](CS)C(=O)N[C@@H](CS)C(=O)N[C@@H](Cc1ccc(O)cc1)C(=O)N[C@@H](Cc1c[nH]c2ccccc12)C(=O)N[C@@H](CS)C(=O)N[C@H](C(=O)N[C@@H](Cc1ccccc1)C(=O)NCC(N)=O)[C@@H](C)O. The quantitative estimate of drug-likeness (QED) is 0.0172. The third-order valence-electron chi connectivity index (χ3n) is 15.6. The predicted octanol–water partition coefficient (Wildman–Crippen LogP) is -3.00. The Kier molecular flexibility index (Phi) is 30.5. The van der Waals surface area contributed by atoms with Crippen LogP contribution in [0.5, 0.6) is 5.75 Å². The molecule has 2 heterocycles. The van der Waals surface area contributed by atoms with Crippen molar-refractivity contribution in [1.82, 2.24) is 68.5 Å². The monoisotopic (exact) mass is 1460 g/mol. The van der Waals surface area contributed by atoms with E-state index in [0.29, 0.717) is 44.1 Å². The van der Waals surface area contributed by atoms with E-state index < -0.39 is 180 Å². The van der Waals surface area contributed by atoms with Gasteiger partial charge in [-0.25, -0.2) is 0 Å². The average Bonchev–Trinajstić information content (AvgIpc) is 1.63. The highest BCUT2D eigenvalue weighted by molar-refractivity contribution is 7.80. The van der Waals surface area contributed by atoms with Gasteiger partial charge in [-0.2, -0.15) is 50.5 Å². The minimum Gasteiger partial charge on any atom is -0.508 e. The van der Waals surface area contributed by atoms with Gasteiger partial charge >= 0.3 is 5.97 Å². The minimum atomic E-state index is -1.82. The highest BCUT2D eigenvalue weighted by atomic mass is 32.1. The number of phenols is 1. The van der Waals surface area contributed by atoms with Gasteiger partial charge < -0.3 is 95.2 Å². The molecule has 0 spiro atoms. The first kappa shape index (κ1) is 79.2. The summed E-state index contributed by atoms with van der Waals surface area (Å²) in [6, 6.07) is 11.1. The summed E-state index contributed by atoms with van der Waals surface area (Å²) in [5, 5.41) is 59.3. The number of carboxylic acid groups (broad SMARTS) is 1. The number of nitrogens with one attached hydrogen (secondary N) is 13. The second-order valence-corrected chi connectivity index (χ2v) is 24.7. The van der Waals surface area contributed by atoms with Crippen molar-refractivity contribution >= 4 is 149 Å². The number of rotatable bonds is 38. The van der Waals surface area contributed by atoms with E-state index in [-0.39, 0.29) is 37.2 Å². The number of hydrogen-bond donors (Lipinski definition) is 22. The molecule has 0 aliphatic rings. The van der Waals surface area contributed by atoms with Crippen molar-refractivity contribution in [1.29, 1.82) is 0 Å². The standard InChI is InChI=1S/C65H81N15O16S4/c1-32(71-56(87)41(66)28-97)55(86)72-48(24-53(84)85)61(92)75-47(23-37-26-69-43-15-9-7-13-40(37)43)59(90)77-50(30-99)63(94)79-49(29-98)62(93)73-45(21-35-16-18-38(82)19-17-35)58(89)74-46(22-36-25-68-42-14-8-6-12-39(36)42)60(91)78-51(31-100)64(95)80-54(33(2)81)65(96)76-44(57(88)70-27-52(67)83)20-34-10-4-3-5-11-34/h3-19,25-26,32-33,41,44-51,54,68-69,81-82,97-100H,20-24,27-31,66H2,1-2H3,(H2,67,83)(H,70,88)(H,71,87)(H,72,86)(H,73,93)(H,74,89)(H,75,92)(H,76,96)(H,77,90)(H,78,91)(H,79,94)(H,80,95)(H,84,85)/t32-,33+,41-,44-,45-,46-,47-,48-,49-,50-,51-,54-/m0/s1. The molecule has 20 N–H and O–H groups in total. The number of thiol groups is 4. The molecule has 6 rings (SSSR count). The molecule has 12 atom stereocenters. The molecule has 0 aliphatic carbocycles. The number of fused-ring (bicyclic) bond motifs is 2. The van der Waals surface area contributed by atoms with Crippen LogP contribution in [0.3, 0.4) is 0 Å². The van der Waals surface area contributed by atoms with Gasteiger partial charge in [0, 0.05) is 82.9 Å². The molecule has 6 aromatic rings. The maximum Gasteiger partial charge on any atom is 0.305 e. The van der Waals surface area contributed by atoms with Crippen LogP contribution in [0.1, 0.15) is 42.5 Å². The summed E-state index contributed by atoms with van der Waals surface area (Å²) in [7, 11) is 0. The second kappa shape index (κ2) is 38.5. The molecule has 536 valence electrons. The van der Waals surface area contributed by atoms with Crippen molar-refractivity contribution in [3.8, 4) is 5.75 Å². The number of aromatic nitrogens is 2. The van der Waals surface area contributed by atoms with E-state index in [1.165, 1.54) is 38.1 Å². The number of H-pyrrole nitrogens is 2. The lowest BCUT2D eigenvalue weighted by atomic mass is 10.0. The molecule has 35 heteroatoms. The van der Waals surface area contributed by atoms with Crippen LogP contribution in [-0.2, 0) is 88.0 Å². The molecule has 0 saturated carbocycles. The van der Waals surface area contributed by atoms with E-state index in [1.54, 1.807) is 91.3 Å². The van der Waals surface area contributed by atoms with Crippen LogP contribution in [0.25, 0.3) is 21.8 Å². The number of hydrogen-bond acceptors (Lipinski definition) is 20. The minimum absolute atomic E-state index is 0.0711. The molecule has 0 radical (unpaired) electrons. The molecule has 100 heavy (non-hydrogen) atoms. The number of carbonyl (C=O) groups is 13. The lowest BCUT2D eigenvalue weighted by Gasteiger charge is -2.28. The van der Waals surface area contributed by atoms with Gasteiger partial charge in [-0.05, 0) is 60.4 Å². The molecule has 0 aliphatic heterocycles. The number of nitrogens with two attached hydrogens (primary N) is 2. The van der Waals surface area contributed by atoms with Crippen molar-refractivity contribution in [2.75, 3.05) is 29.6 Å². The summed E-state index contributed by atoms with van der Waals surface area (Å²) < 4.78 is 0. The summed E-state index contributed by atoms with van der Waals surface area (Å²) in [4.78, 5) is 184. The number of aliphatic carboxylic acids is 1. The van der Waals surface area contributed by atoms with Crippen molar-refractivity contribution in [2.24, 2.45) is 11.5 Å². The highest BCUT2D eigenvalue weighted by Crippen LogP contribution is 2.22. The summed E-state index contributed by atoms with van der Waals surface area (Å²) in [6.07, 6.45) is -0.366. The van der Waals surface area contributed by atoms with Gasteiger partial charge in [0.25, 0.3) is 0 Å². The topological polar surface area (TPSA) is 499 Å². The number of amides is 12. The zero-order valence-corrected chi connectivity index (χ0v) is 57.6. The molecule has 12 amide bonds. The lowest BCUT2D eigenvalue weighted by molar-refractivity contribution is -0.141. The fourth-order valence-electron chi connectivity index (χ4n) is 10.2. The number of para-hydroxylation sites is 2. The fourth-order valence-corrected chi connectivity index (χ4v) is 11.1. The molecule has 31 nitrogen and oxygen atoms in total. The maximum atomic E-state index is 14.9. The Bertz CT molecular complexity index is 3900. The number of carboxylic acids is 1. The second-order valence-electron chi connectivity index (χ2n) is 23.3. The number of primary amides is 1. The maximum absolute atomic E-state index is 14.9. The van der Waals surface area contributed by atoms with Gasteiger partial charge in [-0.15, -0.1) is 0 Å². The summed E-state index contributed by atoms with van der Waals surface area (Å²) in [5.74, 6) is -14.7. The molecule has 0 fully saturated rings. The smallest absolute Gasteiger partial charge is 0.305 e. The number of carbonyl (C=O) groups excluding carboxylic acids is 12. The number of phenolic OH excluding ortho intramolecular Hbond substituents is 1. The zero-order chi connectivity index (χ0) is 73.3. The van der Waals surface area contributed by atoms with Gasteiger partial charge in [0.15, 0.2) is 0 Å². The van der Waals surface area contributed by atoms with Gasteiger partial charge in [0.2, 0.25) is 70.9 Å². The van der Waals surface area contributed by atoms with Crippen LogP contribution < -0.4 is 70.0 Å². The van der Waals surface area contributed by atoms with Crippen molar-refractivity contribution in [3.63, 3.8) is 0 Å². The molecule has 4 aromatic carbocycles. The zero-order valence-electron chi connectivity index (χ0n) is 54.1. The Morgan fingerprint density at radius 1 is 0.430 bits per heavy atom. The molecular formula is C65H81N15O16S4. The number of aromatic hydroxyl groups is 1. The van der Waals surface area contributed by atoms with E-state index in [1.807, 2.05) is 0 Å². The Balaban J connectivity index is 1.22. The van der Waals surface area contributed by atoms with Crippen molar-refractivity contribution in [2.45, 2.75) is 119 Å².